The maximum absolute atomic E-state index is 9.56. The van der Waals surface area contributed by atoms with Crippen LogP contribution in [0.15, 0.2) is 23.2 Å². The van der Waals surface area contributed by atoms with Crippen molar-refractivity contribution in [1.29, 1.82) is 0 Å². The van der Waals surface area contributed by atoms with E-state index in [1.165, 1.54) is 0 Å². The number of rotatable bonds is 4. The van der Waals surface area contributed by atoms with E-state index < -0.39 is 0 Å². The van der Waals surface area contributed by atoms with Gasteiger partial charge in [0.25, 0.3) is 0 Å². The SMILES string of the molecule is CCC(O)Cn1cc(-c2cnc(N)c(Br)n2)cn1. The minimum Gasteiger partial charge on any atom is -0.391 e. The van der Waals surface area contributed by atoms with Gasteiger partial charge in [-0.2, -0.15) is 5.10 Å². The van der Waals surface area contributed by atoms with Crippen molar-refractivity contribution in [3.63, 3.8) is 0 Å². The van der Waals surface area contributed by atoms with Crippen LogP contribution in [0.5, 0.6) is 0 Å². The first-order chi connectivity index (χ1) is 8.60. The van der Waals surface area contributed by atoms with Gasteiger partial charge >= 0.3 is 0 Å². The lowest BCUT2D eigenvalue weighted by Crippen LogP contribution is -2.14. The highest BCUT2D eigenvalue weighted by Crippen LogP contribution is 2.20. The van der Waals surface area contributed by atoms with E-state index in [0.717, 1.165) is 5.56 Å². The first-order valence-corrected chi connectivity index (χ1v) is 6.38. The summed E-state index contributed by atoms with van der Waals surface area (Å²) in [7, 11) is 0. The molecule has 2 aromatic rings. The number of aromatic nitrogens is 4. The molecule has 0 amide bonds. The van der Waals surface area contributed by atoms with Gasteiger partial charge in [-0.25, -0.2) is 9.97 Å². The lowest BCUT2D eigenvalue weighted by atomic mass is 10.2. The molecule has 0 aromatic carbocycles. The third-order valence-corrected chi connectivity index (χ3v) is 3.14. The van der Waals surface area contributed by atoms with Gasteiger partial charge in [0.15, 0.2) is 5.82 Å². The average molecular weight is 312 g/mol. The second-order valence-corrected chi connectivity index (χ2v) is 4.70. The molecule has 0 aliphatic carbocycles. The molecule has 2 rings (SSSR count). The molecule has 0 spiro atoms. The standard InChI is InChI=1S/C11H14BrN5O/c1-2-8(18)6-17-5-7(3-15-17)9-4-14-11(13)10(12)16-9/h3-5,8,18H,2,6H2,1H3,(H2,13,14). The number of nitrogens with zero attached hydrogens (tertiary/aromatic N) is 4. The van der Waals surface area contributed by atoms with Gasteiger partial charge in [0.1, 0.15) is 4.60 Å². The highest BCUT2D eigenvalue weighted by atomic mass is 79.9. The van der Waals surface area contributed by atoms with Gasteiger partial charge in [0.05, 0.1) is 30.7 Å². The fourth-order valence-electron chi connectivity index (χ4n) is 1.46. The number of hydrogen-bond acceptors (Lipinski definition) is 5. The van der Waals surface area contributed by atoms with Gasteiger partial charge in [-0.05, 0) is 22.4 Å². The Morgan fingerprint density at radius 1 is 1.50 bits per heavy atom. The van der Waals surface area contributed by atoms with Crippen molar-refractivity contribution < 1.29 is 5.11 Å². The van der Waals surface area contributed by atoms with E-state index in [0.29, 0.717) is 29.1 Å². The Balaban J connectivity index is 2.21. The van der Waals surface area contributed by atoms with Crippen LogP contribution in [0.4, 0.5) is 5.82 Å². The highest BCUT2D eigenvalue weighted by Gasteiger charge is 2.08. The van der Waals surface area contributed by atoms with Crippen LogP contribution in [0.25, 0.3) is 11.3 Å². The Labute approximate surface area is 113 Å². The molecule has 1 unspecified atom stereocenters. The molecular weight excluding hydrogens is 298 g/mol. The fourth-order valence-corrected chi connectivity index (χ4v) is 1.75. The zero-order valence-corrected chi connectivity index (χ0v) is 11.5. The predicted molar refractivity (Wildman–Crippen MR) is 71.7 cm³/mol. The van der Waals surface area contributed by atoms with Gasteiger partial charge < -0.3 is 10.8 Å². The van der Waals surface area contributed by atoms with Crippen molar-refractivity contribution in [2.75, 3.05) is 5.73 Å². The summed E-state index contributed by atoms with van der Waals surface area (Å²) in [5.74, 6) is 0.354. The normalized spacial score (nSPS) is 12.6. The first-order valence-electron chi connectivity index (χ1n) is 5.59. The molecule has 2 heterocycles. The number of anilines is 1. The molecule has 7 heteroatoms. The van der Waals surface area contributed by atoms with E-state index in [-0.39, 0.29) is 6.10 Å². The van der Waals surface area contributed by atoms with Crippen LogP contribution in [0.1, 0.15) is 13.3 Å². The number of aliphatic hydroxyl groups is 1. The number of halogens is 1. The van der Waals surface area contributed by atoms with Gasteiger partial charge in [-0.3, -0.25) is 4.68 Å². The Morgan fingerprint density at radius 2 is 2.28 bits per heavy atom. The number of hydrogen-bond donors (Lipinski definition) is 2. The van der Waals surface area contributed by atoms with Gasteiger partial charge in [0, 0.05) is 11.8 Å². The smallest absolute Gasteiger partial charge is 0.156 e. The van der Waals surface area contributed by atoms with Gasteiger partial charge in [0.2, 0.25) is 0 Å². The molecule has 0 saturated heterocycles. The van der Waals surface area contributed by atoms with Crippen molar-refractivity contribution in [2.24, 2.45) is 0 Å². The number of aliphatic hydroxyl groups excluding tert-OH is 1. The Bertz CT molecular complexity index is 542. The summed E-state index contributed by atoms with van der Waals surface area (Å²) < 4.78 is 2.21. The van der Waals surface area contributed by atoms with Gasteiger partial charge in [-0.15, -0.1) is 0 Å². The number of nitrogens with two attached hydrogens (primary N) is 1. The lowest BCUT2D eigenvalue weighted by Gasteiger charge is -2.06. The summed E-state index contributed by atoms with van der Waals surface area (Å²) in [5, 5.41) is 13.7. The second-order valence-electron chi connectivity index (χ2n) is 3.94. The molecular formula is C11H14BrN5O. The van der Waals surface area contributed by atoms with E-state index in [2.05, 4.69) is 31.0 Å². The molecule has 6 nitrogen and oxygen atoms in total. The molecule has 0 radical (unpaired) electrons. The molecule has 1 atom stereocenters. The maximum atomic E-state index is 9.56. The van der Waals surface area contributed by atoms with Gasteiger partial charge in [-0.1, -0.05) is 6.92 Å². The quantitative estimate of drug-likeness (QED) is 0.892. The van der Waals surface area contributed by atoms with Crippen molar-refractivity contribution in [1.82, 2.24) is 19.7 Å². The summed E-state index contributed by atoms with van der Waals surface area (Å²) in [6.45, 7) is 2.40. The van der Waals surface area contributed by atoms with Crippen LogP contribution >= 0.6 is 15.9 Å². The molecule has 0 aliphatic rings. The average Bonchev–Trinajstić information content (AvgIpc) is 2.81. The summed E-state index contributed by atoms with van der Waals surface area (Å²) in [4.78, 5) is 8.29. The predicted octanol–water partition coefficient (Wildman–Crippen LogP) is 1.46. The fraction of sp³-hybridized carbons (Fsp3) is 0.364. The Hall–Kier alpha value is -1.47. The molecule has 0 saturated carbocycles. The van der Waals surface area contributed by atoms with Crippen molar-refractivity contribution >= 4 is 21.7 Å². The van der Waals surface area contributed by atoms with Crippen molar-refractivity contribution in [2.45, 2.75) is 26.0 Å². The summed E-state index contributed by atoms with van der Waals surface area (Å²) >= 11 is 3.24. The van der Waals surface area contributed by atoms with Crippen LogP contribution in [0, 0.1) is 0 Å². The third-order valence-electron chi connectivity index (χ3n) is 2.55. The van der Waals surface area contributed by atoms with Crippen LogP contribution in [-0.2, 0) is 6.54 Å². The van der Waals surface area contributed by atoms with Crippen molar-refractivity contribution in [3.8, 4) is 11.3 Å². The maximum Gasteiger partial charge on any atom is 0.156 e. The molecule has 0 bridgehead atoms. The Kier molecular flexibility index (Phi) is 3.93. The summed E-state index contributed by atoms with van der Waals surface area (Å²) in [5.41, 5.74) is 7.11. The van der Waals surface area contributed by atoms with Crippen LogP contribution in [-0.4, -0.2) is 31.0 Å². The van der Waals surface area contributed by atoms with E-state index in [1.54, 1.807) is 17.1 Å². The molecule has 3 N–H and O–H groups in total. The molecule has 0 aliphatic heterocycles. The number of nitrogen functional groups attached to an aromatic ring is 1. The second kappa shape index (κ2) is 5.45. The molecule has 2 aromatic heterocycles. The first kappa shape index (κ1) is 13.0. The molecule has 0 fully saturated rings. The highest BCUT2D eigenvalue weighted by molar-refractivity contribution is 9.10. The minimum atomic E-state index is -0.387. The van der Waals surface area contributed by atoms with Crippen LogP contribution in [0.3, 0.4) is 0 Å². The van der Waals surface area contributed by atoms with E-state index in [9.17, 15) is 5.11 Å². The van der Waals surface area contributed by atoms with Crippen LogP contribution < -0.4 is 5.73 Å². The van der Waals surface area contributed by atoms with E-state index in [1.807, 2.05) is 13.1 Å². The lowest BCUT2D eigenvalue weighted by molar-refractivity contribution is 0.145. The monoisotopic (exact) mass is 311 g/mol. The summed E-state index contributed by atoms with van der Waals surface area (Å²) in [6.07, 6.45) is 5.42. The van der Waals surface area contributed by atoms with Crippen LogP contribution in [0.2, 0.25) is 0 Å². The van der Waals surface area contributed by atoms with E-state index >= 15 is 0 Å². The zero-order chi connectivity index (χ0) is 13.1. The minimum absolute atomic E-state index is 0.354. The molecule has 96 valence electrons. The zero-order valence-electron chi connectivity index (χ0n) is 9.91. The Morgan fingerprint density at radius 3 is 2.94 bits per heavy atom. The third kappa shape index (κ3) is 2.85. The largest absolute Gasteiger partial charge is 0.391 e. The summed E-state index contributed by atoms with van der Waals surface area (Å²) in [6, 6.07) is 0. The topological polar surface area (TPSA) is 89.8 Å². The van der Waals surface area contributed by atoms with Crippen molar-refractivity contribution in [3.05, 3.63) is 23.2 Å². The van der Waals surface area contributed by atoms with E-state index in [4.69, 9.17) is 5.73 Å². The molecule has 18 heavy (non-hydrogen) atoms.